The normalized spacial score (nSPS) is 13.9. The van der Waals surface area contributed by atoms with Gasteiger partial charge in [0.05, 0.1) is 6.10 Å². The van der Waals surface area contributed by atoms with Gasteiger partial charge in [-0.2, -0.15) is 0 Å². The molecule has 0 aliphatic rings. The summed E-state index contributed by atoms with van der Waals surface area (Å²) in [5.41, 5.74) is 0. The lowest BCUT2D eigenvalue weighted by Gasteiger charge is -2.19. The van der Waals surface area contributed by atoms with E-state index in [1.165, 1.54) is 32.1 Å². The van der Waals surface area contributed by atoms with Gasteiger partial charge in [0.2, 0.25) is 0 Å². The molecule has 0 rings (SSSR count). The molecular formula is C16H30BrCl3O2Si. The third-order valence-electron chi connectivity index (χ3n) is 3.61. The zero-order valence-corrected chi connectivity index (χ0v) is 19.3. The van der Waals surface area contributed by atoms with Gasteiger partial charge in [0.25, 0.3) is 0 Å². The van der Waals surface area contributed by atoms with Crippen molar-refractivity contribution < 1.29 is 9.53 Å². The van der Waals surface area contributed by atoms with Crippen LogP contribution in [0.5, 0.6) is 0 Å². The number of ether oxygens (including phenoxy) is 1. The van der Waals surface area contributed by atoms with Crippen molar-refractivity contribution in [2.24, 2.45) is 0 Å². The Kier molecular flexibility index (Phi) is 13.0. The molecule has 0 bridgehead atoms. The van der Waals surface area contributed by atoms with E-state index in [4.69, 9.17) is 38.0 Å². The smallest absolute Gasteiger partial charge is 0.341 e. The standard InChI is InChI=1S/C16H30BrCl3O2Si/c1-14(22-15(21)16(2,3)17)12-10-8-6-4-5-7-9-11-13-23(18,19)20/h14H,4-13H2,1-3H3. The Bertz CT molecular complexity index is 330. The monoisotopic (exact) mass is 466 g/mol. The molecule has 2 nitrogen and oxygen atoms in total. The summed E-state index contributed by atoms with van der Waals surface area (Å²) in [4.78, 5) is 11.7. The first-order valence-electron chi connectivity index (χ1n) is 8.49. The maximum Gasteiger partial charge on any atom is 0.341 e. The second-order valence-electron chi connectivity index (χ2n) is 6.67. The third kappa shape index (κ3) is 16.3. The van der Waals surface area contributed by atoms with Crippen LogP contribution in [0.2, 0.25) is 6.04 Å². The predicted molar refractivity (Wildman–Crippen MR) is 108 cm³/mol. The van der Waals surface area contributed by atoms with Crippen LogP contribution in [0.4, 0.5) is 0 Å². The van der Waals surface area contributed by atoms with Crippen molar-refractivity contribution in [3.8, 4) is 0 Å². The molecule has 0 spiro atoms. The molecule has 0 saturated carbocycles. The Morgan fingerprint density at radius 3 is 1.87 bits per heavy atom. The molecule has 0 N–H and O–H groups in total. The fraction of sp³-hybridized carbons (Fsp3) is 0.938. The molecule has 0 fully saturated rings. The van der Waals surface area contributed by atoms with Gasteiger partial charge in [0.15, 0.2) is 0 Å². The van der Waals surface area contributed by atoms with Gasteiger partial charge < -0.3 is 4.74 Å². The summed E-state index contributed by atoms with van der Waals surface area (Å²) in [6.07, 6.45) is 10.4. The van der Waals surface area contributed by atoms with E-state index in [0.29, 0.717) is 0 Å². The Hall–Kier alpha value is 1.04. The van der Waals surface area contributed by atoms with Gasteiger partial charge in [-0.25, -0.2) is 0 Å². The number of halogens is 4. The highest BCUT2D eigenvalue weighted by atomic mass is 79.9. The van der Waals surface area contributed by atoms with Gasteiger partial charge in [-0.3, -0.25) is 4.79 Å². The summed E-state index contributed by atoms with van der Waals surface area (Å²) >= 11 is 20.9. The van der Waals surface area contributed by atoms with Crippen LogP contribution in [0.3, 0.4) is 0 Å². The fourth-order valence-electron chi connectivity index (χ4n) is 2.20. The number of esters is 1. The zero-order valence-electron chi connectivity index (χ0n) is 14.5. The lowest BCUT2D eigenvalue weighted by molar-refractivity contribution is -0.150. The lowest BCUT2D eigenvalue weighted by Crippen LogP contribution is -2.29. The SMILES string of the molecule is CC(CCCCCCCCCC[Si](Cl)(Cl)Cl)OC(=O)C(C)(C)Br. The van der Waals surface area contributed by atoms with Crippen LogP contribution in [-0.2, 0) is 9.53 Å². The Morgan fingerprint density at radius 1 is 1.00 bits per heavy atom. The highest BCUT2D eigenvalue weighted by Crippen LogP contribution is 2.27. The van der Waals surface area contributed by atoms with Gasteiger partial charge in [-0.05, 0) is 39.7 Å². The second-order valence-corrected chi connectivity index (χ2v) is 17.9. The zero-order chi connectivity index (χ0) is 17.9. The van der Waals surface area contributed by atoms with Crippen molar-refractivity contribution in [1.82, 2.24) is 0 Å². The number of alkyl halides is 1. The van der Waals surface area contributed by atoms with Gasteiger partial charge >= 0.3 is 12.0 Å². The minimum absolute atomic E-state index is 0.00887. The minimum Gasteiger partial charge on any atom is -0.462 e. The molecule has 138 valence electrons. The van der Waals surface area contributed by atoms with Crippen molar-refractivity contribution in [1.29, 1.82) is 0 Å². The number of carbonyl (C=O) groups is 1. The van der Waals surface area contributed by atoms with Crippen molar-refractivity contribution in [2.45, 2.75) is 95.0 Å². The van der Waals surface area contributed by atoms with Crippen molar-refractivity contribution in [3.63, 3.8) is 0 Å². The van der Waals surface area contributed by atoms with Gasteiger partial charge in [0, 0.05) is 0 Å². The number of rotatable bonds is 13. The molecule has 0 aromatic heterocycles. The molecule has 0 aromatic rings. The van der Waals surface area contributed by atoms with Gasteiger partial charge in [-0.1, -0.05) is 60.9 Å². The average Bonchev–Trinajstić information content (AvgIpc) is 2.38. The van der Waals surface area contributed by atoms with E-state index >= 15 is 0 Å². The average molecular weight is 469 g/mol. The largest absolute Gasteiger partial charge is 0.462 e. The van der Waals surface area contributed by atoms with E-state index in [-0.39, 0.29) is 12.1 Å². The molecule has 0 aromatic carbocycles. The summed E-state index contributed by atoms with van der Waals surface area (Å²) in [5.74, 6) is -0.192. The lowest BCUT2D eigenvalue weighted by atomic mass is 10.1. The van der Waals surface area contributed by atoms with Crippen LogP contribution in [0.25, 0.3) is 0 Å². The molecule has 7 heteroatoms. The first-order chi connectivity index (χ1) is 10.5. The van der Waals surface area contributed by atoms with Crippen molar-refractivity contribution in [2.75, 3.05) is 0 Å². The predicted octanol–water partition coefficient (Wildman–Crippen LogP) is 7.26. The molecule has 0 saturated heterocycles. The molecule has 0 radical (unpaired) electrons. The molecule has 0 amide bonds. The summed E-state index contributed by atoms with van der Waals surface area (Å²) in [5, 5.41) is 0. The summed E-state index contributed by atoms with van der Waals surface area (Å²) < 4.78 is 4.80. The van der Waals surface area contributed by atoms with E-state index in [1.54, 1.807) is 13.8 Å². The highest BCUT2D eigenvalue weighted by molar-refractivity contribution is 9.10. The van der Waals surface area contributed by atoms with Crippen LogP contribution in [-0.4, -0.2) is 22.4 Å². The topological polar surface area (TPSA) is 26.3 Å². The quantitative estimate of drug-likeness (QED) is 0.0935. The van der Waals surface area contributed by atoms with Crippen LogP contribution < -0.4 is 0 Å². The highest BCUT2D eigenvalue weighted by Gasteiger charge is 2.26. The summed E-state index contributed by atoms with van der Waals surface area (Å²) in [6.45, 7) is 5.57. The van der Waals surface area contributed by atoms with E-state index in [9.17, 15) is 4.79 Å². The van der Waals surface area contributed by atoms with Gasteiger partial charge in [0.1, 0.15) is 4.32 Å². The summed E-state index contributed by atoms with van der Waals surface area (Å²) in [7, 11) is 0. The number of unbranched alkanes of at least 4 members (excludes halogenated alkanes) is 7. The van der Waals surface area contributed by atoms with Crippen LogP contribution in [0.15, 0.2) is 0 Å². The first-order valence-corrected chi connectivity index (χ1v) is 14.5. The molecular weight excluding hydrogens is 439 g/mol. The molecule has 0 heterocycles. The molecule has 0 aliphatic heterocycles. The van der Waals surface area contributed by atoms with Gasteiger partial charge in [-0.15, -0.1) is 33.2 Å². The number of hydrogen-bond acceptors (Lipinski definition) is 2. The van der Waals surface area contributed by atoms with E-state index in [2.05, 4.69) is 15.9 Å². The fourth-order valence-corrected chi connectivity index (χ4v) is 4.15. The minimum atomic E-state index is -2.40. The Labute approximate surface area is 165 Å². The first kappa shape index (κ1) is 24.0. The van der Waals surface area contributed by atoms with E-state index < -0.39 is 10.3 Å². The third-order valence-corrected chi connectivity index (χ3v) is 6.56. The Balaban J connectivity index is 3.41. The van der Waals surface area contributed by atoms with Crippen LogP contribution >= 0.6 is 49.2 Å². The molecule has 1 atom stereocenters. The summed E-state index contributed by atoms with van der Waals surface area (Å²) in [6, 6.07) is -1.62. The van der Waals surface area contributed by atoms with E-state index in [1.807, 2.05) is 6.92 Å². The molecule has 1 unspecified atom stereocenters. The van der Waals surface area contributed by atoms with Crippen molar-refractivity contribution >= 4 is 61.1 Å². The second kappa shape index (κ2) is 12.4. The number of hydrogen-bond donors (Lipinski definition) is 0. The number of carbonyl (C=O) groups excluding carboxylic acids is 1. The maximum atomic E-state index is 11.7. The van der Waals surface area contributed by atoms with E-state index in [0.717, 1.165) is 31.7 Å². The van der Waals surface area contributed by atoms with Crippen LogP contribution in [0, 0.1) is 0 Å². The van der Waals surface area contributed by atoms with Crippen LogP contribution in [0.1, 0.15) is 78.6 Å². The Morgan fingerprint density at radius 2 is 1.43 bits per heavy atom. The van der Waals surface area contributed by atoms with Crippen molar-refractivity contribution in [3.05, 3.63) is 0 Å². The molecule has 0 aliphatic carbocycles. The molecule has 23 heavy (non-hydrogen) atoms. The maximum absolute atomic E-state index is 11.7.